The largest absolute Gasteiger partial charge is 0.468 e. The summed E-state index contributed by atoms with van der Waals surface area (Å²) in [6.45, 7) is 1.33. The lowest BCUT2D eigenvalue weighted by atomic mass is 9.67. The molecular weight excluding hydrogens is 364 g/mol. The number of hydrogen-bond donors (Lipinski definition) is 0. The molecule has 0 unspecified atom stereocenters. The number of carbonyl (C=O) groups excluding carboxylic acids is 2. The molecule has 0 aliphatic heterocycles. The molecule has 0 saturated heterocycles. The molecule has 0 spiro atoms. The highest BCUT2D eigenvalue weighted by atomic mass is 19.1. The Labute approximate surface area is 161 Å². The van der Waals surface area contributed by atoms with E-state index in [2.05, 4.69) is 0 Å². The summed E-state index contributed by atoms with van der Waals surface area (Å²) in [6, 6.07) is 12.9. The number of benzene rings is 2. The van der Waals surface area contributed by atoms with E-state index in [9.17, 15) is 23.6 Å². The first-order chi connectivity index (χ1) is 13.3. The molecule has 0 saturated carbocycles. The quantitative estimate of drug-likeness (QED) is 0.750. The van der Waals surface area contributed by atoms with E-state index in [0.29, 0.717) is 5.56 Å². The summed E-state index contributed by atoms with van der Waals surface area (Å²) in [6.07, 6.45) is 1.49. The van der Waals surface area contributed by atoms with Gasteiger partial charge in [0.15, 0.2) is 5.41 Å². The van der Waals surface area contributed by atoms with E-state index in [1.807, 2.05) is 6.07 Å². The van der Waals surface area contributed by atoms with Crippen molar-refractivity contribution in [2.45, 2.75) is 12.8 Å². The van der Waals surface area contributed by atoms with E-state index in [1.165, 1.54) is 49.4 Å². The normalized spacial score (nSPS) is 23.6. The van der Waals surface area contributed by atoms with Crippen molar-refractivity contribution >= 4 is 17.3 Å². The van der Waals surface area contributed by atoms with Gasteiger partial charge < -0.3 is 4.74 Å². The Kier molecular flexibility index (Phi) is 5.10. The van der Waals surface area contributed by atoms with E-state index in [0.717, 1.165) is 7.11 Å². The van der Waals surface area contributed by atoms with Gasteiger partial charge in [0.25, 0.3) is 0 Å². The summed E-state index contributed by atoms with van der Waals surface area (Å²) >= 11 is 0. The number of methoxy groups -OCH3 is 1. The molecule has 142 valence electrons. The van der Waals surface area contributed by atoms with Crippen molar-refractivity contribution in [2.24, 2.45) is 11.3 Å². The third-order valence-corrected chi connectivity index (χ3v) is 5.09. The van der Waals surface area contributed by atoms with Gasteiger partial charge in [-0.2, -0.15) is 5.26 Å². The lowest BCUT2D eigenvalue weighted by molar-refractivity contribution is -0.147. The summed E-state index contributed by atoms with van der Waals surface area (Å²) in [7, 11) is 1.13. The van der Waals surface area contributed by atoms with Gasteiger partial charge in [0.1, 0.15) is 17.4 Å². The van der Waals surface area contributed by atoms with Crippen molar-refractivity contribution in [1.29, 1.82) is 5.26 Å². The standard InChI is InChI=1S/C22H17F2NO3/c1-13(26)18-11-19(14-5-3-7-16(23)9-14)22(12-25,21(27)28-2)20(18)15-6-4-8-17(24)10-15/h3-11,18,20H,1-2H3/t18-,20-,22-/m0/s1. The molecular formula is C22H17F2NO3. The molecule has 3 atom stereocenters. The number of ether oxygens (including phenoxy) is 1. The van der Waals surface area contributed by atoms with Crippen LogP contribution in [0.2, 0.25) is 0 Å². The number of Topliss-reactive ketones (excluding diaryl/α,β-unsaturated/α-hetero) is 1. The Morgan fingerprint density at radius 1 is 1.11 bits per heavy atom. The van der Waals surface area contributed by atoms with E-state index >= 15 is 0 Å². The van der Waals surface area contributed by atoms with Crippen LogP contribution in [0.15, 0.2) is 54.6 Å². The zero-order chi connectivity index (χ0) is 20.5. The summed E-state index contributed by atoms with van der Waals surface area (Å²) in [4.78, 5) is 25.3. The predicted molar refractivity (Wildman–Crippen MR) is 97.8 cm³/mol. The number of hydrogen-bond acceptors (Lipinski definition) is 4. The van der Waals surface area contributed by atoms with E-state index in [4.69, 9.17) is 4.74 Å². The van der Waals surface area contributed by atoms with Crippen molar-refractivity contribution in [2.75, 3.05) is 7.11 Å². The van der Waals surface area contributed by atoms with E-state index < -0.39 is 34.9 Å². The topological polar surface area (TPSA) is 67.2 Å². The Bertz CT molecular complexity index is 1020. The number of halogens is 2. The Morgan fingerprint density at radius 2 is 1.75 bits per heavy atom. The summed E-state index contributed by atoms with van der Waals surface area (Å²) in [5.74, 6) is -4.18. The number of esters is 1. The molecule has 1 aliphatic rings. The maximum atomic E-state index is 13.9. The van der Waals surface area contributed by atoms with Gasteiger partial charge >= 0.3 is 5.97 Å². The first kappa shape index (κ1) is 19.4. The van der Waals surface area contributed by atoms with Crippen molar-refractivity contribution in [3.63, 3.8) is 0 Å². The van der Waals surface area contributed by atoms with Crippen LogP contribution in [0.3, 0.4) is 0 Å². The molecule has 0 N–H and O–H groups in total. The number of nitrogens with zero attached hydrogens (tertiary/aromatic N) is 1. The van der Waals surface area contributed by atoms with Gasteiger partial charge in [-0.3, -0.25) is 4.79 Å². The molecule has 0 fully saturated rings. The molecule has 28 heavy (non-hydrogen) atoms. The molecule has 0 radical (unpaired) electrons. The lowest BCUT2D eigenvalue weighted by Gasteiger charge is -2.32. The van der Waals surface area contributed by atoms with Gasteiger partial charge in [-0.1, -0.05) is 30.3 Å². The average Bonchev–Trinajstić information content (AvgIpc) is 3.04. The fourth-order valence-electron chi connectivity index (χ4n) is 3.91. The predicted octanol–water partition coefficient (Wildman–Crippen LogP) is 4.03. The SMILES string of the molecule is COC(=O)[C@@]1(C#N)C(c2cccc(F)c2)=C[C@@H](C(C)=O)[C@@H]1c1cccc(F)c1. The maximum absolute atomic E-state index is 13.9. The zero-order valence-electron chi connectivity index (χ0n) is 15.3. The first-order valence-electron chi connectivity index (χ1n) is 8.59. The maximum Gasteiger partial charge on any atom is 0.331 e. The van der Waals surface area contributed by atoms with Crippen LogP contribution in [0.1, 0.15) is 24.0 Å². The van der Waals surface area contributed by atoms with Gasteiger partial charge in [-0.15, -0.1) is 0 Å². The van der Waals surface area contributed by atoms with Crippen LogP contribution in [0.4, 0.5) is 8.78 Å². The summed E-state index contributed by atoms with van der Waals surface area (Å²) < 4.78 is 32.7. The molecule has 0 amide bonds. The summed E-state index contributed by atoms with van der Waals surface area (Å²) in [5.41, 5.74) is -1.14. The highest BCUT2D eigenvalue weighted by molar-refractivity contribution is 6.02. The number of allylic oxidation sites excluding steroid dienone is 1. The van der Waals surface area contributed by atoms with Crippen LogP contribution in [0.5, 0.6) is 0 Å². The highest BCUT2D eigenvalue weighted by Crippen LogP contribution is 2.57. The molecule has 6 heteroatoms. The van der Waals surface area contributed by atoms with Crippen molar-refractivity contribution in [3.05, 3.63) is 77.4 Å². The van der Waals surface area contributed by atoms with Crippen LogP contribution in [0, 0.1) is 34.3 Å². The second-order valence-corrected chi connectivity index (χ2v) is 6.67. The second-order valence-electron chi connectivity index (χ2n) is 6.67. The van der Waals surface area contributed by atoms with Gasteiger partial charge in [0.2, 0.25) is 0 Å². The third kappa shape index (κ3) is 2.99. The molecule has 2 aromatic rings. The van der Waals surface area contributed by atoms with Crippen LogP contribution in [0.25, 0.3) is 5.57 Å². The van der Waals surface area contributed by atoms with Crippen LogP contribution in [-0.2, 0) is 14.3 Å². The molecule has 2 aromatic carbocycles. The Morgan fingerprint density at radius 3 is 2.29 bits per heavy atom. The van der Waals surface area contributed by atoms with Gasteiger partial charge in [-0.05, 0) is 47.9 Å². The molecule has 0 heterocycles. The zero-order valence-corrected chi connectivity index (χ0v) is 15.3. The van der Waals surface area contributed by atoms with Crippen LogP contribution >= 0.6 is 0 Å². The number of carbonyl (C=O) groups is 2. The van der Waals surface area contributed by atoms with Gasteiger partial charge in [-0.25, -0.2) is 13.6 Å². The number of ketones is 1. The fraction of sp³-hybridized carbons (Fsp3) is 0.227. The minimum Gasteiger partial charge on any atom is -0.468 e. The van der Waals surface area contributed by atoms with Crippen LogP contribution < -0.4 is 0 Å². The van der Waals surface area contributed by atoms with Gasteiger partial charge in [0, 0.05) is 11.8 Å². The Balaban J connectivity index is 2.33. The molecule has 0 aromatic heterocycles. The fourth-order valence-corrected chi connectivity index (χ4v) is 3.91. The minimum absolute atomic E-state index is 0.177. The smallest absolute Gasteiger partial charge is 0.331 e. The monoisotopic (exact) mass is 381 g/mol. The van der Waals surface area contributed by atoms with Crippen molar-refractivity contribution in [3.8, 4) is 6.07 Å². The highest BCUT2D eigenvalue weighted by Gasteiger charge is 2.59. The molecule has 1 aliphatic carbocycles. The number of rotatable bonds is 4. The van der Waals surface area contributed by atoms with E-state index in [1.54, 1.807) is 12.1 Å². The third-order valence-electron chi connectivity index (χ3n) is 5.09. The number of nitriles is 1. The average molecular weight is 381 g/mol. The molecule has 3 rings (SSSR count). The summed E-state index contributed by atoms with van der Waals surface area (Å²) in [5, 5.41) is 10.1. The van der Waals surface area contributed by atoms with E-state index in [-0.39, 0.29) is 16.9 Å². The Hall–Kier alpha value is -3.33. The molecule has 4 nitrogen and oxygen atoms in total. The van der Waals surface area contributed by atoms with Crippen molar-refractivity contribution in [1.82, 2.24) is 0 Å². The van der Waals surface area contributed by atoms with Crippen molar-refractivity contribution < 1.29 is 23.1 Å². The minimum atomic E-state index is -1.92. The lowest BCUT2D eigenvalue weighted by Crippen LogP contribution is -2.38. The van der Waals surface area contributed by atoms with Gasteiger partial charge in [0.05, 0.1) is 13.2 Å². The molecule has 0 bridgehead atoms. The second kappa shape index (κ2) is 7.35. The van der Waals surface area contributed by atoms with Crippen LogP contribution in [-0.4, -0.2) is 18.9 Å². The first-order valence-corrected chi connectivity index (χ1v) is 8.59.